The predicted octanol–water partition coefficient (Wildman–Crippen LogP) is 1.14. The first-order valence-electron chi connectivity index (χ1n) is 5.45. The normalized spacial score (nSPS) is 48.6. The van der Waals surface area contributed by atoms with Crippen molar-refractivity contribution in [2.75, 3.05) is 7.11 Å². The molecular formula is C11H16O5. The summed E-state index contributed by atoms with van der Waals surface area (Å²) >= 11 is 0. The maximum Gasteiger partial charge on any atom is 0.244 e. The van der Waals surface area contributed by atoms with Gasteiger partial charge in [0.25, 0.3) is 0 Å². The maximum atomic E-state index is 5.85. The van der Waals surface area contributed by atoms with Crippen LogP contribution in [0.2, 0.25) is 0 Å². The standard InChI is InChI=1S/C11H16O5/c1-10(2)14-7-8(15-10)11(5-4-6-13-11)16-9(7)12-3/h4,6-9H,5H2,1-3H3/t7-,8+,9-,11-/m1/s1. The SMILES string of the molecule is CO[C@@H]1O[C@]2(CC=CO2)[C@H]2OC(C)(C)O[C@@H]12. The van der Waals surface area contributed by atoms with Crippen LogP contribution >= 0.6 is 0 Å². The van der Waals surface area contributed by atoms with Gasteiger partial charge in [-0.1, -0.05) is 0 Å². The van der Waals surface area contributed by atoms with Gasteiger partial charge in [0.1, 0.15) is 6.10 Å². The van der Waals surface area contributed by atoms with Crippen molar-refractivity contribution in [2.24, 2.45) is 0 Å². The molecule has 0 aromatic rings. The lowest BCUT2D eigenvalue weighted by atomic mass is 10.1. The molecule has 3 rings (SSSR count). The molecule has 0 aromatic heterocycles. The summed E-state index contributed by atoms with van der Waals surface area (Å²) in [4.78, 5) is 0. The molecule has 0 amide bonds. The molecule has 0 N–H and O–H groups in total. The van der Waals surface area contributed by atoms with Gasteiger partial charge in [-0.15, -0.1) is 0 Å². The van der Waals surface area contributed by atoms with E-state index in [4.69, 9.17) is 23.7 Å². The fraction of sp³-hybridized carbons (Fsp3) is 0.818. The molecule has 0 radical (unpaired) electrons. The first-order chi connectivity index (χ1) is 7.56. The van der Waals surface area contributed by atoms with Crippen LogP contribution in [0.4, 0.5) is 0 Å². The molecule has 4 atom stereocenters. The van der Waals surface area contributed by atoms with Gasteiger partial charge in [-0.3, -0.25) is 0 Å². The molecule has 0 aliphatic carbocycles. The van der Waals surface area contributed by atoms with Crippen molar-refractivity contribution in [1.29, 1.82) is 0 Å². The molecule has 3 aliphatic heterocycles. The van der Waals surface area contributed by atoms with Gasteiger partial charge in [0.2, 0.25) is 5.79 Å². The third-order valence-electron chi connectivity index (χ3n) is 3.14. The van der Waals surface area contributed by atoms with E-state index in [1.54, 1.807) is 13.4 Å². The van der Waals surface area contributed by atoms with Crippen LogP contribution in [0.25, 0.3) is 0 Å². The van der Waals surface area contributed by atoms with Gasteiger partial charge < -0.3 is 23.7 Å². The number of ether oxygens (including phenoxy) is 5. The van der Waals surface area contributed by atoms with E-state index in [2.05, 4.69) is 0 Å². The van der Waals surface area contributed by atoms with Gasteiger partial charge in [-0.05, 0) is 19.9 Å². The fourth-order valence-electron chi connectivity index (χ4n) is 2.52. The van der Waals surface area contributed by atoms with Crippen molar-refractivity contribution in [1.82, 2.24) is 0 Å². The molecule has 5 heteroatoms. The Bertz CT molecular complexity index is 316. The lowest BCUT2D eigenvalue weighted by Gasteiger charge is -2.29. The highest BCUT2D eigenvalue weighted by atomic mass is 16.9. The van der Waals surface area contributed by atoms with Crippen LogP contribution < -0.4 is 0 Å². The van der Waals surface area contributed by atoms with E-state index in [1.807, 2.05) is 19.9 Å². The number of rotatable bonds is 1. The molecule has 3 aliphatic rings. The van der Waals surface area contributed by atoms with Crippen LogP contribution in [0.1, 0.15) is 20.3 Å². The first kappa shape index (κ1) is 10.5. The van der Waals surface area contributed by atoms with E-state index in [0.29, 0.717) is 6.42 Å². The number of fused-ring (bicyclic) bond motifs is 2. The summed E-state index contributed by atoms with van der Waals surface area (Å²) in [5.74, 6) is -1.38. The minimum Gasteiger partial charge on any atom is -0.467 e. The molecule has 3 heterocycles. The summed E-state index contributed by atoms with van der Waals surface area (Å²) in [6, 6.07) is 0. The summed E-state index contributed by atoms with van der Waals surface area (Å²) in [6.45, 7) is 3.77. The lowest BCUT2D eigenvalue weighted by Crippen LogP contribution is -2.42. The van der Waals surface area contributed by atoms with Crippen molar-refractivity contribution in [2.45, 2.75) is 50.3 Å². The highest BCUT2D eigenvalue weighted by Gasteiger charge is 2.65. The molecule has 0 unspecified atom stereocenters. The minimum atomic E-state index is -0.765. The quantitative estimate of drug-likeness (QED) is 0.673. The zero-order chi connectivity index (χ0) is 11.4. The average Bonchev–Trinajstić information content (AvgIpc) is 2.85. The Morgan fingerprint density at radius 2 is 2.06 bits per heavy atom. The monoisotopic (exact) mass is 228 g/mol. The molecular weight excluding hydrogens is 212 g/mol. The van der Waals surface area contributed by atoms with Crippen LogP contribution in [0.3, 0.4) is 0 Å². The zero-order valence-corrected chi connectivity index (χ0v) is 9.64. The van der Waals surface area contributed by atoms with Gasteiger partial charge in [0.05, 0.1) is 6.26 Å². The second-order valence-corrected chi connectivity index (χ2v) is 4.75. The van der Waals surface area contributed by atoms with Crippen LogP contribution in [0.15, 0.2) is 12.3 Å². The molecule has 2 saturated heterocycles. The highest BCUT2D eigenvalue weighted by Crippen LogP contribution is 2.48. The van der Waals surface area contributed by atoms with E-state index >= 15 is 0 Å². The molecule has 16 heavy (non-hydrogen) atoms. The average molecular weight is 228 g/mol. The number of methoxy groups -OCH3 is 1. The van der Waals surface area contributed by atoms with Gasteiger partial charge in [-0.25, -0.2) is 0 Å². The lowest BCUT2D eigenvalue weighted by molar-refractivity contribution is -0.301. The van der Waals surface area contributed by atoms with Gasteiger partial charge in [0, 0.05) is 13.5 Å². The van der Waals surface area contributed by atoms with Crippen molar-refractivity contribution >= 4 is 0 Å². The molecule has 0 bridgehead atoms. The highest BCUT2D eigenvalue weighted by molar-refractivity contribution is 5.07. The maximum absolute atomic E-state index is 5.85. The Labute approximate surface area is 94.2 Å². The Hall–Kier alpha value is -0.620. The third kappa shape index (κ3) is 1.32. The molecule has 1 spiro atoms. The second kappa shape index (κ2) is 3.20. The molecule has 2 fully saturated rings. The van der Waals surface area contributed by atoms with Crippen molar-refractivity contribution < 1.29 is 23.7 Å². The van der Waals surface area contributed by atoms with Crippen molar-refractivity contribution in [3.05, 3.63) is 12.3 Å². The smallest absolute Gasteiger partial charge is 0.244 e. The number of hydrogen-bond acceptors (Lipinski definition) is 5. The second-order valence-electron chi connectivity index (χ2n) is 4.75. The predicted molar refractivity (Wildman–Crippen MR) is 53.3 cm³/mol. The Morgan fingerprint density at radius 3 is 2.69 bits per heavy atom. The van der Waals surface area contributed by atoms with Crippen molar-refractivity contribution in [3.63, 3.8) is 0 Å². The Balaban J connectivity index is 1.89. The molecule has 0 saturated carbocycles. The molecule has 5 nitrogen and oxygen atoms in total. The van der Waals surface area contributed by atoms with Gasteiger partial charge in [-0.2, -0.15) is 0 Å². The van der Waals surface area contributed by atoms with E-state index in [0.717, 1.165) is 0 Å². The first-order valence-corrected chi connectivity index (χ1v) is 5.45. The van der Waals surface area contributed by atoms with E-state index in [9.17, 15) is 0 Å². The summed E-state index contributed by atoms with van der Waals surface area (Å²) < 4.78 is 28.2. The third-order valence-corrected chi connectivity index (χ3v) is 3.14. The van der Waals surface area contributed by atoms with Crippen LogP contribution in [0, 0.1) is 0 Å². The largest absolute Gasteiger partial charge is 0.467 e. The zero-order valence-electron chi connectivity index (χ0n) is 9.64. The summed E-state index contributed by atoms with van der Waals surface area (Å²) in [7, 11) is 1.60. The Morgan fingerprint density at radius 1 is 1.25 bits per heavy atom. The van der Waals surface area contributed by atoms with E-state index < -0.39 is 17.9 Å². The van der Waals surface area contributed by atoms with Gasteiger partial charge >= 0.3 is 0 Å². The fourth-order valence-corrected chi connectivity index (χ4v) is 2.52. The summed E-state index contributed by atoms with van der Waals surface area (Å²) in [5.41, 5.74) is 0. The van der Waals surface area contributed by atoms with Crippen LogP contribution in [-0.4, -0.2) is 37.2 Å². The minimum absolute atomic E-state index is 0.236. The van der Waals surface area contributed by atoms with Crippen LogP contribution in [0.5, 0.6) is 0 Å². The molecule has 0 aromatic carbocycles. The molecule has 90 valence electrons. The number of hydrogen-bond donors (Lipinski definition) is 0. The van der Waals surface area contributed by atoms with E-state index in [-0.39, 0.29) is 12.2 Å². The van der Waals surface area contributed by atoms with E-state index in [1.165, 1.54) is 0 Å². The van der Waals surface area contributed by atoms with Crippen LogP contribution in [-0.2, 0) is 23.7 Å². The Kier molecular flexibility index (Phi) is 2.10. The van der Waals surface area contributed by atoms with Gasteiger partial charge in [0.15, 0.2) is 18.2 Å². The topological polar surface area (TPSA) is 46.2 Å². The summed E-state index contributed by atoms with van der Waals surface area (Å²) in [6.07, 6.45) is 3.30. The van der Waals surface area contributed by atoms with Crippen molar-refractivity contribution in [3.8, 4) is 0 Å². The summed E-state index contributed by atoms with van der Waals surface area (Å²) in [5, 5.41) is 0.